The second kappa shape index (κ2) is 7.07. The summed E-state index contributed by atoms with van der Waals surface area (Å²) in [5, 5.41) is 13.8. The van der Waals surface area contributed by atoms with Crippen molar-refractivity contribution in [3.63, 3.8) is 0 Å². The van der Waals surface area contributed by atoms with Gasteiger partial charge in [-0.2, -0.15) is 0 Å². The van der Waals surface area contributed by atoms with Gasteiger partial charge in [0.25, 0.3) is 0 Å². The lowest BCUT2D eigenvalue weighted by Gasteiger charge is -2.28. The van der Waals surface area contributed by atoms with E-state index in [0.29, 0.717) is 17.0 Å². The summed E-state index contributed by atoms with van der Waals surface area (Å²) >= 11 is 6.08. The van der Waals surface area contributed by atoms with Gasteiger partial charge in [-0.1, -0.05) is 36.7 Å². The van der Waals surface area contributed by atoms with Crippen molar-refractivity contribution >= 4 is 17.5 Å². The fraction of sp³-hybridized carbons (Fsp3) is 0.533. The number of amides is 1. The van der Waals surface area contributed by atoms with E-state index in [0.717, 1.165) is 0 Å². The number of rotatable bonds is 6. The Morgan fingerprint density at radius 3 is 2.55 bits per heavy atom. The SMILES string of the molecule is CC[C@@H](C(=O)NC[C@](C)(O)c1ccccc1Cl)N(C)C. The fourth-order valence-electron chi connectivity index (χ4n) is 2.16. The number of benzene rings is 1. The normalized spacial score (nSPS) is 15.8. The molecular formula is C15H23ClN2O2. The number of nitrogens with zero attached hydrogens (tertiary/aromatic N) is 1. The molecule has 0 aliphatic heterocycles. The smallest absolute Gasteiger partial charge is 0.237 e. The second-order valence-corrected chi connectivity index (χ2v) is 5.77. The van der Waals surface area contributed by atoms with Gasteiger partial charge in [0, 0.05) is 10.6 Å². The van der Waals surface area contributed by atoms with Gasteiger partial charge in [0.15, 0.2) is 0 Å². The molecule has 1 rings (SSSR count). The minimum Gasteiger partial charge on any atom is -0.384 e. The molecule has 112 valence electrons. The summed E-state index contributed by atoms with van der Waals surface area (Å²) in [6.07, 6.45) is 0.715. The molecule has 0 heterocycles. The number of nitrogens with one attached hydrogen (secondary N) is 1. The van der Waals surface area contributed by atoms with Gasteiger partial charge >= 0.3 is 0 Å². The lowest BCUT2D eigenvalue weighted by atomic mass is 9.95. The molecule has 0 aliphatic carbocycles. The van der Waals surface area contributed by atoms with Gasteiger partial charge in [-0.25, -0.2) is 0 Å². The van der Waals surface area contributed by atoms with Crippen LogP contribution >= 0.6 is 11.6 Å². The zero-order valence-electron chi connectivity index (χ0n) is 12.5. The van der Waals surface area contributed by atoms with Crippen molar-refractivity contribution in [3.8, 4) is 0 Å². The van der Waals surface area contributed by atoms with Crippen molar-refractivity contribution in [1.82, 2.24) is 10.2 Å². The number of halogens is 1. The fourth-order valence-corrected chi connectivity index (χ4v) is 2.49. The molecule has 1 aromatic carbocycles. The molecule has 0 aromatic heterocycles. The van der Waals surface area contributed by atoms with Crippen molar-refractivity contribution in [2.75, 3.05) is 20.6 Å². The van der Waals surface area contributed by atoms with Crippen LogP contribution in [-0.4, -0.2) is 42.6 Å². The third-order valence-corrected chi connectivity index (χ3v) is 3.70. The first kappa shape index (κ1) is 17.0. The van der Waals surface area contributed by atoms with E-state index < -0.39 is 5.60 Å². The number of hydrogen-bond donors (Lipinski definition) is 2. The maximum atomic E-state index is 12.1. The van der Waals surface area contributed by atoms with Crippen LogP contribution in [-0.2, 0) is 10.4 Å². The Bertz CT molecular complexity index is 461. The molecule has 1 aromatic rings. The zero-order chi connectivity index (χ0) is 15.3. The number of likely N-dealkylation sites (N-methyl/N-ethyl adjacent to an activating group) is 1. The van der Waals surface area contributed by atoms with Crippen LogP contribution < -0.4 is 5.32 Å². The van der Waals surface area contributed by atoms with E-state index in [-0.39, 0.29) is 18.5 Å². The predicted molar refractivity (Wildman–Crippen MR) is 81.8 cm³/mol. The van der Waals surface area contributed by atoms with Gasteiger partial charge < -0.3 is 10.4 Å². The van der Waals surface area contributed by atoms with Crippen LogP contribution in [0.1, 0.15) is 25.8 Å². The summed E-state index contributed by atoms with van der Waals surface area (Å²) in [7, 11) is 3.72. The van der Waals surface area contributed by atoms with E-state index in [1.807, 2.05) is 32.0 Å². The Hall–Kier alpha value is -1.10. The number of carbonyl (C=O) groups excluding carboxylic acids is 1. The van der Waals surface area contributed by atoms with Gasteiger partial charge in [0.2, 0.25) is 5.91 Å². The molecule has 4 nitrogen and oxygen atoms in total. The van der Waals surface area contributed by atoms with Gasteiger partial charge in [-0.05, 0) is 33.5 Å². The van der Waals surface area contributed by atoms with E-state index >= 15 is 0 Å². The lowest BCUT2D eigenvalue weighted by molar-refractivity contribution is -0.126. The quantitative estimate of drug-likeness (QED) is 0.845. The molecule has 0 bridgehead atoms. The summed E-state index contributed by atoms with van der Waals surface area (Å²) < 4.78 is 0. The average molecular weight is 299 g/mol. The molecule has 2 atom stereocenters. The molecule has 0 unspecified atom stereocenters. The van der Waals surface area contributed by atoms with Crippen LogP contribution in [0.25, 0.3) is 0 Å². The topological polar surface area (TPSA) is 52.6 Å². The van der Waals surface area contributed by atoms with Gasteiger partial charge in [-0.3, -0.25) is 9.69 Å². The Kier molecular flexibility index (Phi) is 5.99. The maximum Gasteiger partial charge on any atom is 0.237 e. The Labute approximate surface area is 125 Å². The Morgan fingerprint density at radius 1 is 1.45 bits per heavy atom. The summed E-state index contributed by atoms with van der Waals surface area (Å²) in [4.78, 5) is 13.9. The minimum absolute atomic E-state index is 0.0928. The van der Waals surface area contributed by atoms with E-state index in [1.165, 1.54) is 0 Å². The first-order valence-electron chi connectivity index (χ1n) is 6.71. The largest absolute Gasteiger partial charge is 0.384 e. The van der Waals surface area contributed by atoms with Crippen LogP contribution in [0.2, 0.25) is 5.02 Å². The predicted octanol–water partition coefficient (Wildman–Crippen LogP) is 2.00. The van der Waals surface area contributed by atoms with Gasteiger partial charge in [0.05, 0.1) is 12.6 Å². The Morgan fingerprint density at radius 2 is 2.05 bits per heavy atom. The van der Waals surface area contributed by atoms with E-state index in [2.05, 4.69) is 5.32 Å². The standard InChI is InChI=1S/C15H23ClN2O2/c1-5-13(18(3)4)14(19)17-10-15(2,20)11-8-6-7-9-12(11)16/h6-9,13,20H,5,10H2,1-4H3,(H,17,19)/t13-,15-/m0/s1. The highest BCUT2D eigenvalue weighted by Crippen LogP contribution is 2.27. The summed E-state index contributed by atoms with van der Waals surface area (Å²) in [5.41, 5.74) is -0.585. The molecule has 0 saturated heterocycles. The van der Waals surface area contributed by atoms with Crippen LogP contribution in [0.15, 0.2) is 24.3 Å². The molecular weight excluding hydrogens is 276 g/mol. The van der Waals surface area contributed by atoms with E-state index in [1.54, 1.807) is 25.1 Å². The van der Waals surface area contributed by atoms with Crippen molar-refractivity contribution in [2.24, 2.45) is 0 Å². The Balaban J connectivity index is 2.73. The first-order chi connectivity index (χ1) is 9.29. The molecule has 2 N–H and O–H groups in total. The molecule has 0 saturated carbocycles. The van der Waals surface area contributed by atoms with E-state index in [9.17, 15) is 9.90 Å². The van der Waals surface area contributed by atoms with Crippen molar-refractivity contribution in [1.29, 1.82) is 0 Å². The average Bonchev–Trinajstić information content (AvgIpc) is 2.37. The zero-order valence-corrected chi connectivity index (χ0v) is 13.2. The summed E-state index contributed by atoms with van der Waals surface area (Å²) in [5.74, 6) is -0.0928. The lowest BCUT2D eigenvalue weighted by Crippen LogP contribution is -2.47. The molecule has 1 amide bonds. The molecule has 0 radical (unpaired) electrons. The van der Waals surface area contributed by atoms with Gasteiger partial charge in [0.1, 0.15) is 5.60 Å². The molecule has 5 heteroatoms. The second-order valence-electron chi connectivity index (χ2n) is 5.36. The van der Waals surface area contributed by atoms with Crippen LogP contribution in [0, 0.1) is 0 Å². The summed E-state index contributed by atoms with van der Waals surface area (Å²) in [6, 6.07) is 6.91. The minimum atomic E-state index is -1.20. The number of aliphatic hydroxyl groups is 1. The molecule has 0 aliphatic rings. The highest BCUT2D eigenvalue weighted by molar-refractivity contribution is 6.31. The van der Waals surface area contributed by atoms with Crippen LogP contribution in [0.5, 0.6) is 0 Å². The van der Waals surface area contributed by atoms with Crippen LogP contribution in [0.4, 0.5) is 0 Å². The van der Waals surface area contributed by atoms with Gasteiger partial charge in [-0.15, -0.1) is 0 Å². The summed E-state index contributed by atoms with van der Waals surface area (Å²) in [6.45, 7) is 3.72. The van der Waals surface area contributed by atoms with Crippen molar-refractivity contribution in [2.45, 2.75) is 31.9 Å². The third kappa shape index (κ3) is 4.20. The molecule has 0 spiro atoms. The van der Waals surface area contributed by atoms with Crippen molar-refractivity contribution in [3.05, 3.63) is 34.9 Å². The molecule has 20 heavy (non-hydrogen) atoms. The van der Waals surface area contributed by atoms with Crippen molar-refractivity contribution < 1.29 is 9.90 Å². The number of carbonyl (C=O) groups is 1. The first-order valence-corrected chi connectivity index (χ1v) is 7.09. The number of hydrogen-bond acceptors (Lipinski definition) is 3. The third-order valence-electron chi connectivity index (χ3n) is 3.37. The maximum absolute atomic E-state index is 12.1. The molecule has 0 fully saturated rings. The van der Waals surface area contributed by atoms with E-state index in [4.69, 9.17) is 11.6 Å². The van der Waals surface area contributed by atoms with Crippen LogP contribution in [0.3, 0.4) is 0 Å². The highest BCUT2D eigenvalue weighted by atomic mass is 35.5. The monoisotopic (exact) mass is 298 g/mol. The highest BCUT2D eigenvalue weighted by Gasteiger charge is 2.27.